The van der Waals surface area contributed by atoms with Gasteiger partial charge in [0.1, 0.15) is 12.4 Å². The van der Waals surface area contributed by atoms with Crippen molar-refractivity contribution in [3.8, 4) is 5.88 Å². The smallest absolute Gasteiger partial charge is 0.325 e. The number of methoxy groups -OCH3 is 1. The molecule has 106 valence electrons. The van der Waals surface area contributed by atoms with Crippen LogP contribution >= 0.6 is 0 Å². The molecular formula is C12H20N4O3. The summed E-state index contributed by atoms with van der Waals surface area (Å²) in [7, 11) is 1.50. The molecule has 1 heterocycles. The Morgan fingerprint density at radius 2 is 2.16 bits per heavy atom. The Balaban J connectivity index is 2.91. The summed E-state index contributed by atoms with van der Waals surface area (Å²) in [5.74, 6) is 0.734. The molecular weight excluding hydrogens is 248 g/mol. The molecule has 0 saturated heterocycles. The Morgan fingerprint density at radius 3 is 2.74 bits per heavy atom. The van der Waals surface area contributed by atoms with Crippen LogP contribution in [0.3, 0.4) is 0 Å². The first-order chi connectivity index (χ1) is 9.10. The Morgan fingerprint density at radius 1 is 1.42 bits per heavy atom. The van der Waals surface area contributed by atoms with Crippen LogP contribution in [0.2, 0.25) is 0 Å². The Hall–Kier alpha value is -2.05. The lowest BCUT2D eigenvalue weighted by molar-refractivity contribution is -0.141. The van der Waals surface area contributed by atoms with Crippen LogP contribution in [0.15, 0.2) is 6.07 Å². The predicted octanol–water partition coefficient (Wildman–Crippen LogP) is 0.847. The van der Waals surface area contributed by atoms with Crippen LogP contribution in [-0.4, -0.2) is 42.7 Å². The summed E-state index contributed by atoms with van der Waals surface area (Å²) in [6.07, 6.45) is 0.867. The third kappa shape index (κ3) is 4.61. The van der Waals surface area contributed by atoms with E-state index in [2.05, 4.69) is 9.97 Å². The van der Waals surface area contributed by atoms with Crippen LogP contribution < -0.4 is 15.4 Å². The van der Waals surface area contributed by atoms with Gasteiger partial charge in [-0.15, -0.1) is 0 Å². The summed E-state index contributed by atoms with van der Waals surface area (Å²) in [5, 5.41) is 0. The molecule has 0 saturated carbocycles. The highest BCUT2D eigenvalue weighted by molar-refractivity contribution is 5.75. The number of nitrogens with zero attached hydrogens (tertiary/aromatic N) is 3. The van der Waals surface area contributed by atoms with Gasteiger partial charge in [-0.2, -0.15) is 9.97 Å². The van der Waals surface area contributed by atoms with Crippen molar-refractivity contribution in [3.05, 3.63) is 6.07 Å². The molecule has 0 aliphatic carbocycles. The monoisotopic (exact) mass is 268 g/mol. The number of anilines is 2. The van der Waals surface area contributed by atoms with Gasteiger partial charge in [0.15, 0.2) is 0 Å². The summed E-state index contributed by atoms with van der Waals surface area (Å²) in [5.41, 5.74) is 5.61. The van der Waals surface area contributed by atoms with E-state index in [9.17, 15) is 4.79 Å². The zero-order valence-corrected chi connectivity index (χ0v) is 11.5. The quantitative estimate of drug-likeness (QED) is 0.733. The van der Waals surface area contributed by atoms with Crippen molar-refractivity contribution in [2.24, 2.45) is 0 Å². The van der Waals surface area contributed by atoms with Crippen molar-refractivity contribution in [3.63, 3.8) is 0 Å². The Kier molecular flexibility index (Phi) is 5.84. The molecule has 0 atom stereocenters. The van der Waals surface area contributed by atoms with Crippen molar-refractivity contribution in [2.45, 2.75) is 20.3 Å². The number of esters is 1. The molecule has 0 aliphatic heterocycles. The second kappa shape index (κ2) is 7.40. The lowest BCUT2D eigenvalue weighted by Crippen LogP contribution is -2.32. The zero-order chi connectivity index (χ0) is 14.3. The van der Waals surface area contributed by atoms with Crippen LogP contribution in [0.25, 0.3) is 0 Å². The van der Waals surface area contributed by atoms with Crippen LogP contribution in [0.4, 0.5) is 11.8 Å². The average molecular weight is 268 g/mol. The third-order valence-electron chi connectivity index (χ3n) is 2.36. The molecule has 2 N–H and O–H groups in total. The fourth-order valence-corrected chi connectivity index (χ4v) is 1.60. The van der Waals surface area contributed by atoms with E-state index in [1.165, 1.54) is 7.11 Å². The van der Waals surface area contributed by atoms with Crippen LogP contribution in [0.1, 0.15) is 20.3 Å². The fourth-order valence-electron chi connectivity index (χ4n) is 1.60. The highest BCUT2D eigenvalue weighted by atomic mass is 16.5. The van der Waals surface area contributed by atoms with Gasteiger partial charge in [0.2, 0.25) is 11.8 Å². The minimum absolute atomic E-state index is 0.110. The Bertz CT molecular complexity index is 425. The molecule has 0 aliphatic rings. The minimum atomic E-state index is -0.299. The standard InChI is InChI=1S/C12H20N4O3/c1-4-6-16(8-11(17)19-5-2)9-7-10(18-3)15-12(13)14-9/h7H,4-6,8H2,1-3H3,(H2,13,14,15). The van der Waals surface area contributed by atoms with Crippen molar-refractivity contribution < 1.29 is 14.3 Å². The van der Waals surface area contributed by atoms with Gasteiger partial charge < -0.3 is 20.1 Å². The minimum Gasteiger partial charge on any atom is -0.481 e. The highest BCUT2D eigenvalue weighted by Gasteiger charge is 2.15. The molecule has 7 nitrogen and oxygen atoms in total. The van der Waals surface area contributed by atoms with E-state index in [1.807, 2.05) is 6.92 Å². The lowest BCUT2D eigenvalue weighted by atomic mass is 10.3. The van der Waals surface area contributed by atoms with Crippen LogP contribution in [-0.2, 0) is 9.53 Å². The number of hydrogen-bond acceptors (Lipinski definition) is 7. The predicted molar refractivity (Wildman–Crippen MR) is 72.1 cm³/mol. The summed E-state index contributed by atoms with van der Waals surface area (Å²) in [6, 6.07) is 1.64. The molecule has 0 spiro atoms. The van der Waals surface area contributed by atoms with E-state index >= 15 is 0 Å². The SMILES string of the molecule is CCCN(CC(=O)OCC)c1cc(OC)nc(N)n1. The van der Waals surface area contributed by atoms with Gasteiger partial charge in [0, 0.05) is 12.6 Å². The summed E-state index contributed by atoms with van der Waals surface area (Å²) >= 11 is 0. The molecule has 0 fully saturated rings. The largest absolute Gasteiger partial charge is 0.481 e. The molecule has 1 aromatic rings. The number of nitrogens with two attached hydrogens (primary N) is 1. The average Bonchev–Trinajstić information content (AvgIpc) is 2.37. The summed E-state index contributed by atoms with van der Waals surface area (Å²) < 4.78 is 9.98. The maximum atomic E-state index is 11.6. The van der Waals surface area contributed by atoms with E-state index in [0.717, 1.165) is 6.42 Å². The van der Waals surface area contributed by atoms with E-state index < -0.39 is 0 Å². The first-order valence-corrected chi connectivity index (χ1v) is 6.19. The van der Waals surface area contributed by atoms with E-state index in [1.54, 1.807) is 17.9 Å². The first kappa shape index (κ1) is 15.0. The molecule has 0 amide bonds. The second-order valence-electron chi connectivity index (χ2n) is 3.85. The summed E-state index contributed by atoms with van der Waals surface area (Å²) in [4.78, 5) is 21.4. The first-order valence-electron chi connectivity index (χ1n) is 6.19. The number of ether oxygens (including phenoxy) is 2. The Labute approximate surface area is 112 Å². The van der Waals surface area contributed by atoms with Gasteiger partial charge in [0.25, 0.3) is 0 Å². The maximum absolute atomic E-state index is 11.6. The fraction of sp³-hybridized carbons (Fsp3) is 0.583. The van der Waals surface area contributed by atoms with Crippen molar-refractivity contribution >= 4 is 17.7 Å². The molecule has 7 heteroatoms. The molecule has 0 radical (unpaired) electrons. The van der Waals surface area contributed by atoms with Gasteiger partial charge in [-0.1, -0.05) is 6.92 Å². The number of aromatic nitrogens is 2. The van der Waals surface area contributed by atoms with E-state index in [4.69, 9.17) is 15.2 Å². The van der Waals surface area contributed by atoms with Crippen molar-refractivity contribution in [2.75, 3.05) is 37.4 Å². The number of hydrogen-bond donors (Lipinski definition) is 1. The number of rotatable bonds is 7. The van der Waals surface area contributed by atoms with Crippen LogP contribution in [0, 0.1) is 0 Å². The van der Waals surface area contributed by atoms with E-state index in [0.29, 0.717) is 24.8 Å². The number of carbonyl (C=O) groups excluding carboxylic acids is 1. The molecule has 0 bridgehead atoms. The molecule has 1 aromatic heterocycles. The van der Waals surface area contributed by atoms with Crippen molar-refractivity contribution in [1.82, 2.24) is 9.97 Å². The zero-order valence-electron chi connectivity index (χ0n) is 11.5. The third-order valence-corrected chi connectivity index (χ3v) is 2.36. The van der Waals surface area contributed by atoms with E-state index in [-0.39, 0.29) is 18.5 Å². The van der Waals surface area contributed by atoms with Crippen LogP contribution in [0.5, 0.6) is 5.88 Å². The molecule has 1 rings (SSSR count). The summed E-state index contributed by atoms with van der Waals surface area (Å²) in [6.45, 7) is 4.93. The van der Waals surface area contributed by atoms with Gasteiger partial charge in [0.05, 0.1) is 13.7 Å². The van der Waals surface area contributed by atoms with Gasteiger partial charge in [-0.05, 0) is 13.3 Å². The molecule has 0 aromatic carbocycles. The number of carbonyl (C=O) groups is 1. The second-order valence-corrected chi connectivity index (χ2v) is 3.85. The molecule has 0 unspecified atom stereocenters. The highest BCUT2D eigenvalue weighted by Crippen LogP contribution is 2.18. The maximum Gasteiger partial charge on any atom is 0.325 e. The lowest BCUT2D eigenvalue weighted by Gasteiger charge is -2.22. The number of nitrogen functional groups attached to an aromatic ring is 1. The van der Waals surface area contributed by atoms with Gasteiger partial charge in [-0.3, -0.25) is 4.79 Å². The molecule has 19 heavy (non-hydrogen) atoms. The topological polar surface area (TPSA) is 90.6 Å². The normalized spacial score (nSPS) is 10.1. The van der Waals surface area contributed by atoms with Gasteiger partial charge in [-0.25, -0.2) is 0 Å². The van der Waals surface area contributed by atoms with Gasteiger partial charge >= 0.3 is 5.97 Å². The van der Waals surface area contributed by atoms with Crippen molar-refractivity contribution in [1.29, 1.82) is 0 Å².